The first-order valence-corrected chi connectivity index (χ1v) is 11.1. The molecule has 1 aromatic heterocycles. The summed E-state index contributed by atoms with van der Waals surface area (Å²) < 4.78 is 5.46. The number of guanidine groups is 1. The van der Waals surface area contributed by atoms with E-state index in [0.29, 0.717) is 0 Å². The molecule has 0 bridgehead atoms. The van der Waals surface area contributed by atoms with Crippen LogP contribution in [0.1, 0.15) is 31.7 Å². The number of anilines is 1. The Labute approximate surface area is 199 Å². The van der Waals surface area contributed by atoms with Crippen LogP contribution in [0.15, 0.2) is 23.3 Å². The van der Waals surface area contributed by atoms with E-state index in [1.807, 2.05) is 13.2 Å². The Morgan fingerprint density at radius 2 is 1.97 bits per heavy atom. The zero-order valence-electron chi connectivity index (χ0n) is 18.8. The molecule has 170 valence electrons. The molecule has 2 saturated heterocycles. The van der Waals surface area contributed by atoms with Crippen molar-refractivity contribution in [3.63, 3.8) is 0 Å². The Morgan fingerprint density at radius 3 is 2.57 bits per heavy atom. The molecule has 0 spiro atoms. The van der Waals surface area contributed by atoms with Gasteiger partial charge in [-0.2, -0.15) is 0 Å². The van der Waals surface area contributed by atoms with Crippen molar-refractivity contribution in [3.8, 4) is 0 Å². The van der Waals surface area contributed by atoms with Crippen LogP contribution in [0.3, 0.4) is 0 Å². The maximum atomic E-state index is 5.46. The van der Waals surface area contributed by atoms with Gasteiger partial charge in [0.2, 0.25) is 0 Å². The van der Waals surface area contributed by atoms with E-state index >= 15 is 0 Å². The molecule has 0 aliphatic carbocycles. The van der Waals surface area contributed by atoms with Crippen LogP contribution in [0.5, 0.6) is 0 Å². The number of nitrogens with one attached hydrogen (secondary N) is 1. The standard InChI is InChI=1S/C22H38N6O.HI/c1-4-27-11-13-28(14-12-27)21-6-5-20(17-24-21)18-25-22(23-2)26(3)10-7-19-8-15-29-16-9-19;/h5-6,17,19H,4,7-16,18H2,1-3H3,(H,23,25);1H. The third-order valence-electron chi connectivity index (χ3n) is 6.19. The fourth-order valence-electron chi connectivity index (χ4n) is 4.08. The molecule has 2 aliphatic heterocycles. The van der Waals surface area contributed by atoms with Gasteiger partial charge < -0.3 is 24.8 Å². The van der Waals surface area contributed by atoms with Crippen molar-refractivity contribution in [1.82, 2.24) is 20.1 Å². The third-order valence-corrected chi connectivity index (χ3v) is 6.19. The molecule has 0 radical (unpaired) electrons. The smallest absolute Gasteiger partial charge is 0.193 e. The predicted molar refractivity (Wildman–Crippen MR) is 135 cm³/mol. The third kappa shape index (κ3) is 7.53. The quantitative estimate of drug-likeness (QED) is 0.333. The van der Waals surface area contributed by atoms with Gasteiger partial charge in [0, 0.05) is 72.8 Å². The van der Waals surface area contributed by atoms with Gasteiger partial charge in [0.25, 0.3) is 0 Å². The van der Waals surface area contributed by atoms with E-state index in [4.69, 9.17) is 9.72 Å². The number of ether oxygens (including phenoxy) is 1. The first kappa shape index (κ1) is 25.1. The van der Waals surface area contributed by atoms with Crippen LogP contribution >= 0.6 is 24.0 Å². The summed E-state index contributed by atoms with van der Waals surface area (Å²) in [4.78, 5) is 16.2. The van der Waals surface area contributed by atoms with Gasteiger partial charge in [-0.3, -0.25) is 4.99 Å². The molecule has 8 heteroatoms. The number of hydrogen-bond donors (Lipinski definition) is 1. The van der Waals surface area contributed by atoms with Gasteiger partial charge in [0.1, 0.15) is 5.82 Å². The molecule has 2 aliphatic rings. The Morgan fingerprint density at radius 1 is 1.23 bits per heavy atom. The van der Waals surface area contributed by atoms with Gasteiger partial charge >= 0.3 is 0 Å². The lowest BCUT2D eigenvalue weighted by atomic mass is 9.96. The lowest BCUT2D eigenvalue weighted by Crippen LogP contribution is -2.46. The van der Waals surface area contributed by atoms with Crippen molar-refractivity contribution in [2.75, 3.05) is 71.5 Å². The maximum absolute atomic E-state index is 5.46. The van der Waals surface area contributed by atoms with Gasteiger partial charge in [0.15, 0.2) is 5.96 Å². The Bertz CT molecular complexity index is 627. The number of hydrogen-bond acceptors (Lipinski definition) is 5. The van der Waals surface area contributed by atoms with Crippen molar-refractivity contribution in [1.29, 1.82) is 0 Å². The SMILES string of the molecule is CCN1CCN(c2ccc(CNC(=NC)N(C)CCC3CCOCC3)cn2)CC1.I. The number of halogens is 1. The van der Waals surface area contributed by atoms with Crippen LogP contribution in [-0.2, 0) is 11.3 Å². The summed E-state index contributed by atoms with van der Waals surface area (Å²) in [6, 6.07) is 4.33. The summed E-state index contributed by atoms with van der Waals surface area (Å²) in [5.41, 5.74) is 1.18. The predicted octanol–water partition coefficient (Wildman–Crippen LogP) is 2.67. The molecule has 0 aromatic carbocycles. The Kier molecular flexibility index (Phi) is 11.2. The zero-order chi connectivity index (χ0) is 20.5. The Balaban J connectivity index is 0.00000320. The van der Waals surface area contributed by atoms with Gasteiger partial charge in [-0.05, 0) is 43.4 Å². The van der Waals surface area contributed by atoms with Crippen LogP contribution in [0.4, 0.5) is 5.82 Å². The van der Waals surface area contributed by atoms with Crippen LogP contribution in [0, 0.1) is 5.92 Å². The van der Waals surface area contributed by atoms with E-state index in [2.05, 4.69) is 51.1 Å². The second-order valence-electron chi connectivity index (χ2n) is 8.11. The Hall–Kier alpha value is -1.13. The highest BCUT2D eigenvalue weighted by molar-refractivity contribution is 14.0. The van der Waals surface area contributed by atoms with E-state index in [-0.39, 0.29) is 24.0 Å². The zero-order valence-corrected chi connectivity index (χ0v) is 21.2. The van der Waals surface area contributed by atoms with Gasteiger partial charge in [-0.25, -0.2) is 4.98 Å². The molecule has 0 atom stereocenters. The molecule has 0 unspecified atom stereocenters. The van der Waals surface area contributed by atoms with E-state index < -0.39 is 0 Å². The molecule has 0 amide bonds. The van der Waals surface area contributed by atoms with Crippen molar-refractivity contribution < 1.29 is 4.74 Å². The topological polar surface area (TPSA) is 56.2 Å². The van der Waals surface area contributed by atoms with Crippen LogP contribution in [0.25, 0.3) is 0 Å². The second kappa shape index (κ2) is 13.3. The number of aliphatic imine (C=N–C) groups is 1. The molecule has 30 heavy (non-hydrogen) atoms. The second-order valence-corrected chi connectivity index (χ2v) is 8.11. The van der Waals surface area contributed by atoms with Crippen LogP contribution < -0.4 is 10.2 Å². The number of aromatic nitrogens is 1. The van der Waals surface area contributed by atoms with Crippen LogP contribution in [0.2, 0.25) is 0 Å². The number of rotatable bonds is 7. The summed E-state index contributed by atoms with van der Waals surface area (Å²) in [5.74, 6) is 2.81. The highest BCUT2D eigenvalue weighted by Crippen LogP contribution is 2.18. The lowest BCUT2D eigenvalue weighted by Gasteiger charge is -2.34. The minimum Gasteiger partial charge on any atom is -0.381 e. The normalized spacial score (nSPS) is 18.8. The maximum Gasteiger partial charge on any atom is 0.193 e. The average Bonchev–Trinajstić information content (AvgIpc) is 2.79. The van der Waals surface area contributed by atoms with Gasteiger partial charge in [0.05, 0.1) is 0 Å². The van der Waals surface area contributed by atoms with Crippen molar-refractivity contribution in [2.24, 2.45) is 10.9 Å². The molecule has 0 saturated carbocycles. The highest BCUT2D eigenvalue weighted by Gasteiger charge is 2.17. The monoisotopic (exact) mass is 530 g/mol. The molecule has 7 nitrogen and oxygen atoms in total. The van der Waals surface area contributed by atoms with Crippen molar-refractivity contribution >= 4 is 35.8 Å². The molecule has 2 fully saturated rings. The summed E-state index contributed by atoms with van der Waals surface area (Å²) >= 11 is 0. The molecular formula is C22H39IN6O. The first-order chi connectivity index (χ1) is 14.2. The van der Waals surface area contributed by atoms with Crippen molar-refractivity contribution in [3.05, 3.63) is 23.9 Å². The minimum atomic E-state index is 0. The van der Waals surface area contributed by atoms with E-state index in [1.54, 1.807) is 0 Å². The number of likely N-dealkylation sites (N-methyl/N-ethyl adjacent to an activating group) is 1. The first-order valence-electron chi connectivity index (χ1n) is 11.1. The summed E-state index contributed by atoms with van der Waals surface area (Å²) in [7, 11) is 3.97. The highest BCUT2D eigenvalue weighted by atomic mass is 127. The van der Waals surface area contributed by atoms with Crippen LogP contribution in [-0.4, -0.2) is 87.3 Å². The summed E-state index contributed by atoms with van der Waals surface area (Å²) in [6.07, 6.45) is 5.56. The molecule has 3 rings (SSSR count). The number of nitrogens with zero attached hydrogens (tertiary/aromatic N) is 5. The molecular weight excluding hydrogens is 491 g/mol. The fraction of sp³-hybridized carbons (Fsp3) is 0.727. The molecule has 1 N–H and O–H groups in total. The molecule has 1 aromatic rings. The number of pyridine rings is 1. The van der Waals surface area contributed by atoms with E-state index in [0.717, 1.165) is 76.7 Å². The van der Waals surface area contributed by atoms with Gasteiger partial charge in [-0.15, -0.1) is 24.0 Å². The van der Waals surface area contributed by atoms with Crippen molar-refractivity contribution in [2.45, 2.75) is 32.7 Å². The number of piperazine rings is 1. The van der Waals surface area contributed by atoms with Gasteiger partial charge in [-0.1, -0.05) is 13.0 Å². The van der Waals surface area contributed by atoms with E-state index in [9.17, 15) is 0 Å². The molecule has 3 heterocycles. The lowest BCUT2D eigenvalue weighted by molar-refractivity contribution is 0.0625. The van der Waals surface area contributed by atoms with E-state index in [1.165, 1.54) is 24.8 Å². The summed E-state index contributed by atoms with van der Waals surface area (Å²) in [6.45, 7) is 11.3. The largest absolute Gasteiger partial charge is 0.381 e. The average molecular weight is 530 g/mol. The summed E-state index contributed by atoms with van der Waals surface area (Å²) in [5, 5.41) is 3.48. The minimum absolute atomic E-state index is 0. The fourth-order valence-corrected chi connectivity index (χ4v) is 4.08.